The monoisotopic (exact) mass is 396 g/mol. The van der Waals surface area contributed by atoms with E-state index in [1.54, 1.807) is 0 Å². The third-order valence-corrected chi connectivity index (χ3v) is 7.60. The average molecular weight is 397 g/mol. The molecule has 1 atom stereocenters. The lowest BCUT2D eigenvalue weighted by Crippen LogP contribution is -2.41. The molecule has 0 spiro atoms. The number of alkyl halides is 1. The van der Waals surface area contributed by atoms with Gasteiger partial charge in [0.1, 0.15) is 0 Å². The predicted molar refractivity (Wildman–Crippen MR) is 104 cm³/mol. The number of halogens is 1. The molecule has 1 saturated heterocycles. The summed E-state index contributed by atoms with van der Waals surface area (Å²) in [6.07, 6.45) is 1.82. The van der Waals surface area contributed by atoms with Crippen molar-refractivity contribution in [2.45, 2.75) is 104 Å². The van der Waals surface area contributed by atoms with Crippen LogP contribution in [-0.2, 0) is 22.9 Å². The first kappa shape index (κ1) is 23.5. The van der Waals surface area contributed by atoms with E-state index in [1.807, 2.05) is 55.4 Å². The second-order valence-corrected chi connectivity index (χ2v) is 10.8. The molecular weight excluding hydrogens is 361 g/mol. The molecule has 1 aliphatic rings. The minimum Gasteiger partial charge on any atom is -0.403 e. The first-order chi connectivity index (χ1) is 11.3. The lowest BCUT2D eigenvalue weighted by Gasteiger charge is -2.32. The van der Waals surface area contributed by atoms with Crippen LogP contribution in [0.5, 0.6) is 0 Å². The summed E-state index contributed by atoms with van der Waals surface area (Å²) in [6.45, 7) is 15.4. The van der Waals surface area contributed by atoms with Gasteiger partial charge in [-0.3, -0.25) is 4.57 Å². The second kappa shape index (κ2) is 9.08. The highest BCUT2D eigenvalue weighted by Gasteiger charge is 2.58. The molecular formula is C17H35BClO5P. The van der Waals surface area contributed by atoms with Gasteiger partial charge in [0.25, 0.3) is 0 Å². The molecule has 1 aliphatic heterocycles. The van der Waals surface area contributed by atoms with E-state index < -0.39 is 31.5 Å². The molecule has 5 nitrogen and oxygen atoms in total. The summed E-state index contributed by atoms with van der Waals surface area (Å²) >= 11 is 5.82. The van der Waals surface area contributed by atoms with Gasteiger partial charge in [0.15, 0.2) is 0 Å². The Hall–Kier alpha value is 0.425. The van der Waals surface area contributed by atoms with Crippen LogP contribution < -0.4 is 0 Å². The third-order valence-electron chi connectivity index (χ3n) is 4.59. The molecule has 1 rings (SSSR count). The van der Waals surface area contributed by atoms with Crippen molar-refractivity contribution in [2.24, 2.45) is 0 Å². The molecule has 1 heterocycles. The van der Waals surface area contributed by atoms with Crippen molar-refractivity contribution in [1.29, 1.82) is 0 Å². The maximum Gasteiger partial charge on any atom is 0.473 e. The van der Waals surface area contributed by atoms with Gasteiger partial charge in [0, 0.05) is 5.88 Å². The average Bonchev–Trinajstić information content (AvgIpc) is 2.60. The van der Waals surface area contributed by atoms with Crippen LogP contribution in [0.15, 0.2) is 0 Å². The summed E-state index contributed by atoms with van der Waals surface area (Å²) in [6, 6.07) is 0. The molecule has 0 N–H and O–H groups in total. The zero-order valence-corrected chi connectivity index (χ0v) is 18.7. The minimum absolute atomic E-state index is 0.220. The van der Waals surface area contributed by atoms with E-state index in [1.165, 1.54) is 0 Å². The summed E-state index contributed by atoms with van der Waals surface area (Å²) in [5.74, 6) is 0.566. The van der Waals surface area contributed by atoms with Crippen molar-refractivity contribution < 1.29 is 22.9 Å². The fourth-order valence-corrected chi connectivity index (χ4v) is 5.35. The number of hydrogen-bond acceptors (Lipinski definition) is 5. The Bertz CT molecular complexity index is 440. The van der Waals surface area contributed by atoms with Crippen molar-refractivity contribution in [3.05, 3.63) is 0 Å². The fourth-order valence-electron chi connectivity index (χ4n) is 2.71. The highest BCUT2D eigenvalue weighted by molar-refractivity contribution is 7.57. The predicted octanol–water partition coefficient (Wildman–Crippen LogP) is 5.44. The van der Waals surface area contributed by atoms with Gasteiger partial charge in [-0.2, -0.15) is 0 Å². The standard InChI is InChI=1S/C17H35BClO5P/c1-13(2)21-25(20,22-14(3)4)15(11-9-10-12-19)18-23-16(5,6)17(7,8)24-18/h13-15H,9-12H2,1-8H3. The highest BCUT2D eigenvalue weighted by atomic mass is 35.5. The first-order valence-corrected chi connectivity index (χ1v) is 11.4. The Morgan fingerprint density at radius 2 is 1.40 bits per heavy atom. The maximum absolute atomic E-state index is 13.7. The van der Waals surface area contributed by atoms with Crippen molar-refractivity contribution in [3.8, 4) is 0 Å². The Kier molecular flexibility index (Phi) is 8.52. The van der Waals surface area contributed by atoms with Gasteiger partial charge in [-0.1, -0.05) is 6.42 Å². The van der Waals surface area contributed by atoms with Crippen molar-refractivity contribution in [1.82, 2.24) is 0 Å². The molecule has 8 heteroatoms. The molecule has 0 aromatic heterocycles. The molecule has 25 heavy (non-hydrogen) atoms. The highest BCUT2D eigenvalue weighted by Crippen LogP contribution is 2.59. The van der Waals surface area contributed by atoms with Gasteiger partial charge in [0.2, 0.25) is 0 Å². The van der Waals surface area contributed by atoms with Gasteiger partial charge in [-0.15, -0.1) is 11.6 Å². The van der Waals surface area contributed by atoms with Crippen molar-refractivity contribution >= 4 is 26.3 Å². The SMILES string of the molecule is CC(C)OP(=O)(OC(C)C)C(CCCCCl)B1OC(C)(C)C(C)(C)O1. The normalized spacial score (nSPS) is 21.3. The quantitative estimate of drug-likeness (QED) is 0.213. The van der Waals surface area contributed by atoms with Crippen LogP contribution in [0.2, 0.25) is 0 Å². The fraction of sp³-hybridized carbons (Fsp3) is 1.00. The van der Waals surface area contributed by atoms with E-state index in [0.29, 0.717) is 12.3 Å². The van der Waals surface area contributed by atoms with Gasteiger partial charge in [-0.05, 0) is 68.2 Å². The molecule has 0 aromatic carbocycles. The molecule has 0 saturated carbocycles. The lowest BCUT2D eigenvalue weighted by molar-refractivity contribution is 0.00578. The Morgan fingerprint density at radius 3 is 1.76 bits per heavy atom. The van der Waals surface area contributed by atoms with E-state index in [-0.39, 0.29) is 12.2 Å². The number of hydrogen-bond donors (Lipinski definition) is 0. The molecule has 148 valence electrons. The minimum atomic E-state index is -3.44. The van der Waals surface area contributed by atoms with Gasteiger partial charge >= 0.3 is 14.7 Å². The summed E-state index contributed by atoms with van der Waals surface area (Å²) < 4.78 is 37.7. The topological polar surface area (TPSA) is 54.0 Å². The summed E-state index contributed by atoms with van der Waals surface area (Å²) in [4.78, 5) is 0. The zero-order chi connectivity index (χ0) is 19.5. The maximum atomic E-state index is 13.7. The smallest absolute Gasteiger partial charge is 0.403 e. The van der Waals surface area contributed by atoms with Crippen LogP contribution in [-0.4, -0.2) is 42.0 Å². The van der Waals surface area contributed by atoms with E-state index in [2.05, 4.69) is 0 Å². The Balaban J connectivity index is 3.14. The molecule has 0 radical (unpaired) electrons. The number of rotatable bonds is 10. The summed E-state index contributed by atoms with van der Waals surface area (Å²) in [5.41, 5.74) is -1.48. The van der Waals surface area contributed by atoms with Crippen molar-refractivity contribution in [3.63, 3.8) is 0 Å². The lowest BCUT2D eigenvalue weighted by atomic mass is 9.81. The third kappa shape index (κ3) is 6.22. The molecule has 0 aromatic rings. The molecule has 0 bridgehead atoms. The first-order valence-electron chi connectivity index (χ1n) is 9.23. The van der Waals surface area contributed by atoms with Crippen LogP contribution in [0.3, 0.4) is 0 Å². The molecule has 1 unspecified atom stereocenters. The second-order valence-electron chi connectivity index (χ2n) is 8.22. The van der Waals surface area contributed by atoms with Crippen LogP contribution in [0.25, 0.3) is 0 Å². The molecule has 0 aliphatic carbocycles. The molecule has 0 amide bonds. The van der Waals surface area contributed by atoms with E-state index >= 15 is 0 Å². The zero-order valence-electron chi connectivity index (χ0n) is 17.0. The Labute approximate surface area is 159 Å². The Morgan fingerprint density at radius 1 is 0.960 bits per heavy atom. The molecule has 1 fully saturated rings. The number of unbranched alkanes of at least 4 members (excludes halogenated alkanes) is 1. The van der Waals surface area contributed by atoms with E-state index in [0.717, 1.165) is 12.8 Å². The van der Waals surface area contributed by atoms with E-state index in [9.17, 15) is 4.57 Å². The van der Waals surface area contributed by atoms with Crippen LogP contribution in [0.4, 0.5) is 0 Å². The summed E-state index contributed by atoms with van der Waals surface area (Å²) in [5, 5.41) is 0. The summed E-state index contributed by atoms with van der Waals surface area (Å²) in [7, 11) is -4.07. The van der Waals surface area contributed by atoms with Gasteiger partial charge in [0.05, 0.1) is 29.0 Å². The van der Waals surface area contributed by atoms with Crippen LogP contribution >= 0.6 is 19.2 Å². The van der Waals surface area contributed by atoms with Crippen LogP contribution in [0.1, 0.15) is 74.7 Å². The van der Waals surface area contributed by atoms with Gasteiger partial charge < -0.3 is 18.4 Å². The van der Waals surface area contributed by atoms with E-state index in [4.69, 9.17) is 30.0 Å². The van der Waals surface area contributed by atoms with Crippen molar-refractivity contribution in [2.75, 3.05) is 5.88 Å². The van der Waals surface area contributed by atoms with Gasteiger partial charge in [-0.25, -0.2) is 0 Å². The van der Waals surface area contributed by atoms with Crippen LogP contribution in [0, 0.1) is 0 Å². The largest absolute Gasteiger partial charge is 0.473 e.